The Hall–Kier alpha value is -1.28. The largest absolute Gasteiger partial charge is 0.347 e. The number of piperidine rings is 1. The number of likely N-dealkylation sites (N-methyl/N-ethyl adjacent to an activating group) is 1. The highest BCUT2D eigenvalue weighted by Crippen LogP contribution is 2.41. The van der Waals surface area contributed by atoms with Crippen LogP contribution >= 0.6 is 0 Å². The number of rotatable bonds is 0. The Morgan fingerprint density at radius 2 is 2.12 bits per heavy atom. The van der Waals surface area contributed by atoms with Crippen LogP contribution in [0.4, 0.5) is 0 Å². The van der Waals surface area contributed by atoms with Gasteiger partial charge in [0.15, 0.2) is 0 Å². The van der Waals surface area contributed by atoms with Crippen molar-refractivity contribution in [3.63, 3.8) is 0 Å². The molecule has 4 rings (SSSR count). The van der Waals surface area contributed by atoms with E-state index in [-0.39, 0.29) is 0 Å². The number of para-hydroxylation sites is 1. The summed E-state index contributed by atoms with van der Waals surface area (Å²) in [5, 5.41) is 1.41. The second-order valence-electron chi connectivity index (χ2n) is 5.67. The Bertz CT molecular complexity index is 569. The molecule has 2 heteroatoms. The first-order chi connectivity index (χ1) is 8.33. The molecule has 2 aromatic rings. The molecule has 2 aliphatic heterocycles. The number of benzene rings is 1. The Morgan fingerprint density at radius 3 is 3.06 bits per heavy atom. The predicted molar refractivity (Wildman–Crippen MR) is 70.3 cm³/mol. The summed E-state index contributed by atoms with van der Waals surface area (Å²) >= 11 is 0. The average molecular weight is 226 g/mol. The van der Waals surface area contributed by atoms with Gasteiger partial charge in [-0.1, -0.05) is 18.2 Å². The molecule has 1 fully saturated rings. The summed E-state index contributed by atoms with van der Waals surface area (Å²) in [6, 6.07) is 9.07. The fourth-order valence-electron chi connectivity index (χ4n) is 3.73. The Labute approximate surface area is 102 Å². The second kappa shape index (κ2) is 3.36. The van der Waals surface area contributed by atoms with Crippen LogP contribution in [0.25, 0.3) is 10.9 Å². The lowest BCUT2D eigenvalue weighted by Gasteiger charge is -2.40. The molecule has 88 valence electrons. The van der Waals surface area contributed by atoms with Crippen molar-refractivity contribution >= 4 is 10.9 Å². The van der Waals surface area contributed by atoms with Crippen LogP contribution in [0.5, 0.6) is 0 Å². The van der Waals surface area contributed by atoms with Crippen LogP contribution in [-0.2, 0) is 6.54 Å². The molecule has 0 bridgehead atoms. The third kappa shape index (κ3) is 1.31. The normalized spacial score (nSPS) is 28.3. The average Bonchev–Trinajstić information content (AvgIpc) is 2.75. The lowest BCUT2D eigenvalue weighted by molar-refractivity contribution is 0.170. The van der Waals surface area contributed by atoms with Crippen LogP contribution < -0.4 is 0 Å². The van der Waals surface area contributed by atoms with Gasteiger partial charge in [0.25, 0.3) is 0 Å². The summed E-state index contributed by atoms with van der Waals surface area (Å²) in [6.45, 7) is 3.71. The lowest BCUT2D eigenvalue weighted by Crippen LogP contribution is -2.40. The summed E-state index contributed by atoms with van der Waals surface area (Å²) in [5.74, 6) is 1.59. The first kappa shape index (κ1) is 9.72. The maximum absolute atomic E-state index is 2.48. The van der Waals surface area contributed by atoms with E-state index in [1.807, 2.05) is 0 Å². The molecule has 1 saturated heterocycles. The minimum atomic E-state index is 0.750. The number of nitrogens with zero attached hydrogens (tertiary/aromatic N) is 2. The van der Waals surface area contributed by atoms with E-state index in [1.165, 1.54) is 37.0 Å². The monoisotopic (exact) mass is 226 g/mol. The quantitative estimate of drug-likeness (QED) is 0.670. The summed E-state index contributed by atoms with van der Waals surface area (Å²) in [5.41, 5.74) is 3.07. The SMILES string of the molecule is CN1CC[C@H]2Cn3ccc4cccc(c43)[C@H]2C1. The van der Waals surface area contributed by atoms with Crippen LogP contribution in [0.1, 0.15) is 17.9 Å². The third-order valence-electron chi connectivity index (χ3n) is 4.61. The minimum Gasteiger partial charge on any atom is -0.347 e. The van der Waals surface area contributed by atoms with E-state index in [1.54, 1.807) is 5.56 Å². The minimum absolute atomic E-state index is 0.750. The van der Waals surface area contributed by atoms with Gasteiger partial charge in [-0.15, -0.1) is 0 Å². The fourth-order valence-corrected chi connectivity index (χ4v) is 3.73. The van der Waals surface area contributed by atoms with Crippen LogP contribution in [-0.4, -0.2) is 29.6 Å². The molecular formula is C15H18N2. The summed E-state index contributed by atoms with van der Waals surface area (Å²) in [7, 11) is 2.25. The van der Waals surface area contributed by atoms with Crippen LogP contribution in [0.15, 0.2) is 30.5 Å². The van der Waals surface area contributed by atoms with Crippen molar-refractivity contribution in [3.05, 3.63) is 36.0 Å². The van der Waals surface area contributed by atoms with Gasteiger partial charge in [-0.05, 0) is 42.9 Å². The van der Waals surface area contributed by atoms with Crippen molar-refractivity contribution in [2.75, 3.05) is 20.1 Å². The Kier molecular flexibility index (Phi) is 1.92. The topological polar surface area (TPSA) is 8.17 Å². The number of likely N-dealkylation sites (tertiary alicyclic amines) is 1. The highest BCUT2D eigenvalue weighted by atomic mass is 15.1. The maximum Gasteiger partial charge on any atom is 0.0516 e. The van der Waals surface area contributed by atoms with E-state index in [2.05, 4.69) is 47.0 Å². The second-order valence-corrected chi connectivity index (χ2v) is 5.67. The van der Waals surface area contributed by atoms with E-state index in [9.17, 15) is 0 Å². The summed E-state index contributed by atoms with van der Waals surface area (Å²) in [4.78, 5) is 2.48. The van der Waals surface area contributed by atoms with Crippen molar-refractivity contribution in [1.82, 2.24) is 9.47 Å². The van der Waals surface area contributed by atoms with Gasteiger partial charge >= 0.3 is 0 Å². The zero-order chi connectivity index (χ0) is 11.4. The highest BCUT2D eigenvalue weighted by Gasteiger charge is 2.33. The summed E-state index contributed by atoms with van der Waals surface area (Å²) < 4.78 is 2.47. The molecule has 2 atom stereocenters. The van der Waals surface area contributed by atoms with Gasteiger partial charge in [0.05, 0.1) is 5.52 Å². The van der Waals surface area contributed by atoms with Crippen molar-refractivity contribution in [2.45, 2.75) is 18.9 Å². The van der Waals surface area contributed by atoms with E-state index in [0.29, 0.717) is 0 Å². The van der Waals surface area contributed by atoms with Gasteiger partial charge in [0.2, 0.25) is 0 Å². The smallest absolute Gasteiger partial charge is 0.0516 e. The molecule has 17 heavy (non-hydrogen) atoms. The maximum atomic E-state index is 2.48. The molecule has 1 aromatic carbocycles. The standard InChI is InChI=1S/C15H18N2/c1-16-7-5-12-9-17-8-6-11-3-2-4-13(15(11)17)14(12)10-16/h2-4,6,8,12,14H,5,7,9-10H2,1H3/t12-,14-/m0/s1. The summed E-state index contributed by atoms with van der Waals surface area (Å²) in [6.07, 6.45) is 3.61. The van der Waals surface area contributed by atoms with Crippen molar-refractivity contribution in [2.24, 2.45) is 5.92 Å². The van der Waals surface area contributed by atoms with Gasteiger partial charge in [-0.25, -0.2) is 0 Å². The highest BCUT2D eigenvalue weighted by molar-refractivity contribution is 5.84. The first-order valence-corrected chi connectivity index (χ1v) is 6.59. The zero-order valence-corrected chi connectivity index (χ0v) is 10.3. The molecule has 0 saturated carbocycles. The number of fused-ring (bicyclic) bond motifs is 2. The van der Waals surface area contributed by atoms with Crippen LogP contribution in [0.2, 0.25) is 0 Å². The van der Waals surface area contributed by atoms with Gasteiger partial charge in [-0.3, -0.25) is 0 Å². The van der Waals surface area contributed by atoms with Gasteiger partial charge in [0.1, 0.15) is 0 Å². The van der Waals surface area contributed by atoms with Crippen LogP contribution in [0, 0.1) is 5.92 Å². The van der Waals surface area contributed by atoms with E-state index in [0.717, 1.165) is 11.8 Å². The van der Waals surface area contributed by atoms with Gasteiger partial charge < -0.3 is 9.47 Å². The lowest BCUT2D eigenvalue weighted by atomic mass is 9.78. The molecule has 0 radical (unpaired) electrons. The third-order valence-corrected chi connectivity index (χ3v) is 4.61. The van der Waals surface area contributed by atoms with Crippen LogP contribution in [0.3, 0.4) is 0 Å². The number of hydrogen-bond acceptors (Lipinski definition) is 1. The number of aromatic nitrogens is 1. The molecule has 0 N–H and O–H groups in total. The number of hydrogen-bond donors (Lipinski definition) is 0. The van der Waals surface area contributed by atoms with Crippen molar-refractivity contribution < 1.29 is 0 Å². The molecule has 0 unspecified atom stereocenters. The van der Waals surface area contributed by atoms with E-state index in [4.69, 9.17) is 0 Å². The molecule has 0 amide bonds. The molecule has 3 heterocycles. The molecule has 0 spiro atoms. The van der Waals surface area contributed by atoms with Gasteiger partial charge in [0, 0.05) is 25.2 Å². The van der Waals surface area contributed by atoms with E-state index < -0.39 is 0 Å². The van der Waals surface area contributed by atoms with Crippen molar-refractivity contribution in [1.29, 1.82) is 0 Å². The molecule has 2 nitrogen and oxygen atoms in total. The Morgan fingerprint density at radius 1 is 1.18 bits per heavy atom. The fraction of sp³-hybridized carbons (Fsp3) is 0.467. The molecule has 2 aliphatic rings. The molecule has 1 aromatic heterocycles. The molecule has 0 aliphatic carbocycles. The zero-order valence-electron chi connectivity index (χ0n) is 10.3. The van der Waals surface area contributed by atoms with Gasteiger partial charge in [-0.2, -0.15) is 0 Å². The predicted octanol–water partition coefficient (Wildman–Crippen LogP) is 2.69. The van der Waals surface area contributed by atoms with E-state index >= 15 is 0 Å². The van der Waals surface area contributed by atoms with Crippen molar-refractivity contribution in [3.8, 4) is 0 Å². The Balaban J connectivity index is 1.92. The molecular weight excluding hydrogens is 208 g/mol. The first-order valence-electron chi connectivity index (χ1n) is 6.59.